The number of hydrogen-bond acceptors (Lipinski definition) is 4. The molecule has 0 radical (unpaired) electrons. The fourth-order valence-electron chi connectivity index (χ4n) is 4.00. The first kappa shape index (κ1) is 16.1. The third-order valence-electron chi connectivity index (χ3n) is 5.45. The Morgan fingerprint density at radius 1 is 1.22 bits per heavy atom. The number of amides is 2. The van der Waals surface area contributed by atoms with Gasteiger partial charge in [-0.1, -0.05) is 24.3 Å². The molecule has 6 nitrogen and oxygen atoms in total. The number of carbonyl (C=O) groups is 2. The van der Waals surface area contributed by atoms with E-state index in [1.807, 2.05) is 18.2 Å². The summed E-state index contributed by atoms with van der Waals surface area (Å²) in [5.74, 6) is 0.441. The first-order valence-electron chi connectivity index (χ1n) is 9.24. The molecule has 27 heavy (non-hydrogen) atoms. The maximum Gasteiger partial charge on any atom is 0.227 e. The van der Waals surface area contributed by atoms with Crippen LogP contribution in [-0.4, -0.2) is 29.9 Å². The molecule has 0 spiro atoms. The minimum atomic E-state index is 0.100. The zero-order valence-electron chi connectivity index (χ0n) is 14.8. The van der Waals surface area contributed by atoms with Crippen molar-refractivity contribution in [2.75, 3.05) is 18.0 Å². The van der Waals surface area contributed by atoms with Crippen molar-refractivity contribution in [3.8, 4) is 11.1 Å². The highest BCUT2D eigenvalue weighted by atomic mass is 16.3. The van der Waals surface area contributed by atoms with E-state index in [1.165, 1.54) is 0 Å². The predicted molar refractivity (Wildman–Crippen MR) is 101 cm³/mol. The average Bonchev–Trinajstić information content (AvgIpc) is 3.41. The molecule has 5 rings (SSSR count). The molecule has 1 atom stereocenters. The number of pyridine rings is 1. The maximum absolute atomic E-state index is 12.1. The zero-order valence-corrected chi connectivity index (χ0v) is 14.8. The molecular formula is C21H19N3O3. The Labute approximate surface area is 156 Å². The van der Waals surface area contributed by atoms with Gasteiger partial charge in [-0.2, -0.15) is 0 Å². The molecule has 3 aromatic rings. The van der Waals surface area contributed by atoms with Gasteiger partial charge >= 0.3 is 0 Å². The summed E-state index contributed by atoms with van der Waals surface area (Å²) in [4.78, 5) is 29.8. The van der Waals surface area contributed by atoms with Gasteiger partial charge in [0.15, 0.2) is 0 Å². The molecule has 2 amide bonds. The van der Waals surface area contributed by atoms with Crippen LogP contribution < -0.4 is 10.2 Å². The Morgan fingerprint density at radius 3 is 2.93 bits per heavy atom. The summed E-state index contributed by atoms with van der Waals surface area (Å²) in [5.41, 5.74) is 4.49. The van der Waals surface area contributed by atoms with E-state index in [0.717, 1.165) is 40.7 Å². The lowest BCUT2D eigenvalue weighted by Crippen LogP contribution is -2.23. The van der Waals surface area contributed by atoms with E-state index in [4.69, 9.17) is 4.42 Å². The van der Waals surface area contributed by atoms with Crippen LogP contribution in [0, 0.1) is 0 Å². The Bertz CT molecular complexity index is 1060. The number of nitrogens with zero attached hydrogens (tertiary/aromatic N) is 2. The number of fused-ring (bicyclic) bond motifs is 1. The molecule has 2 saturated heterocycles. The molecule has 2 aromatic heterocycles. The van der Waals surface area contributed by atoms with Crippen LogP contribution in [0.5, 0.6) is 0 Å². The Balaban J connectivity index is 1.55. The van der Waals surface area contributed by atoms with Gasteiger partial charge in [-0.25, -0.2) is 4.98 Å². The molecule has 2 aliphatic heterocycles. The van der Waals surface area contributed by atoms with Gasteiger partial charge in [0.05, 0.1) is 17.3 Å². The molecule has 0 saturated carbocycles. The topological polar surface area (TPSA) is 75.4 Å². The lowest BCUT2D eigenvalue weighted by molar-refractivity contribution is -0.119. The Morgan fingerprint density at radius 2 is 2.15 bits per heavy atom. The summed E-state index contributed by atoms with van der Waals surface area (Å²) in [6, 6.07) is 10.2. The van der Waals surface area contributed by atoms with Gasteiger partial charge < -0.3 is 14.6 Å². The summed E-state index contributed by atoms with van der Waals surface area (Å²) in [6.45, 7) is 1.41. The fraction of sp³-hybridized carbons (Fsp3) is 0.286. The van der Waals surface area contributed by atoms with E-state index in [-0.39, 0.29) is 17.7 Å². The fourth-order valence-corrected chi connectivity index (χ4v) is 4.00. The van der Waals surface area contributed by atoms with E-state index in [9.17, 15) is 9.59 Å². The number of carbonyl (C=O) groups excluding carboxylic acids is 2. The quantitative estimate of drug-likeness (QED) is 0.777. The highest BCUT2D eigenvalue weighted by Gasteiger charge is 2.25. The van der Waals surface area contributed by atoms with Gasteiger partial charge in [0.2, 0.25) is 17.5 Å². The summed E-state index contributed by atoms with van der Waals surface area (Å²) in [5, 5.41) is 3.78. The maximum atomic E-state index is 12.1. The van der Waals surface area contributed by atoms with Crippen molar-refractivity contribution >= 4 is 28.6 Å². The van der Waals surface area contributed by atoms with Crippen molar-refractivity contribution in [3.63, 3.8) is 0 Å². The molecule has 2 aliphatic rings. The zero-order chi connectivity index (χ0) is 18.4. The summed E-state index contributed by atoms with van der Waals surface area (Å²) in [6.07, 6.45) is 5.41. The van der Waals surface area contributed by atoms with E-state index < -0.39 is 0 Å². The number of furan rings is 1. The summed E-state index contributed by atoms with van der Waals surface area (Å²) in [7, 11) is 0. The molecule has 4 heterocycles. The van der Waals surface area contributed by atoms with Crippen LogP contribution in [-0.2, 0) is 9.59 Å². The molecule has 1 N–H and O–H groups in total. The normalized spacial score (nSPS) is 19.9. The molecular weight excluding hydrogens is 342 g/mol. The van der Waals surface area contributed by atoms with E-state index in [0.29, 0.717) is 25.1 Å². The first-order valence-corrected chi connectivity index (χ1v) is 9.24. The smallest absolute Gasteiger partial charge is 0.227 e. The third kappa shape index (κ3) is 2.77. The molecule has 1 aromatic carbocycles. The molecule has 0 aliphatic carbocycles. The van der Waals surface area contributed by atoms with Crippen LogP contribution in [0.4, 0.5) is 5.69 Å². The van der Waals surface area contributed by atoms with E-state index >= 15 is 0 Å². The lowest BCUT2D eigenvalue weighted by atomic mass is 9.94. The lowest BCUT2D eigenvalue weighted by Gasteiger charge is -2.15. The van der Waals surface area contributed by atoms with Crippen LogP contribution >= 0.6 is 0 Å². The predicted octanol–water partition coefficient (Wildman–Crippen LogP) is 3.23. The highest BCUT2D eigenvalue weighted by molar-refractivity contribution is 5.99. The molecule has 0 bridgehead atoms. The van der Waals surface area contributed by atoms with Crippen LogP contribution in [0.2, 0.25) is 0 Å². The average molecular weight is 361 g/mol. The minimum Gasteiger partial charge on any atom is -0.445 e. The van der Waals surface area contributed by atoms with Gasteiger partial charge in [0.25, 0.3) is 0 Å². The van der Waals surface area contributed by atoms with Gasteiger partial charge in [-0.05, 0) is 23.6 Å². The molecule has 136 valence electrons. The standard InChI is InChI=1S/C21H19N3O3/c25-19-8-15(10-22-19)13-3-1-4-14(7-13)18-12-27-21-17(18)9-16(11-23-21)24-6-2-5-20(24)26/h1,3-4,7,9,11-12,15H,2,5-6,8,10H2,(H,22,25). The first-order chi connectivity index (χ1) is 13.2. The van der Waals surface area contributed by atoms with E-state index in [2.05, 4.69) is 22.4 Å². The number of benzene rings is 1. The third-order valence-corrected chi connectivity index (χ3v) is 5.45. The van der Waals surface area contributed by atoms with Crippen molar-refractivity contribution in [2.45, 2.75) is 25.2 Å². The summed E-state index contributed by atoms with van der Waals surface area (Å²) >= 11 is 0. The molecule has 6 heteroatoms. The van der Waals surface area contributed by atoms with Crippen LogP contribution in [0.3, 0.4) is 0 Å². The largest absolute Gasteiger partial charge is 0.445 e. The van der Waals surface area contributed by atoms with Crippen LogP contribution in [0.15, 0.2) is 47.2 Å². The molecule has 2 fully saturated rings. The number of rotatable bonds is 3. The number of hydrogen-bond donors (Lipinski definition) is 1. The summed E-state index contributed by atoms with van der Waals surface area (Å²) < 4.78 is 5.65. The minimum absolute atomic E-state index is 0.100. The second-order valence-corrected chi connectivity index (χ2v) is 7.18. The second kappa shape index (κ2) is 6.23. The Kier molecular flexibility index (Phi) is 3.70. The molecule has 1 unspecified atom stereocenters. The van der Waals surface area contributed by atoms with Crippen molar-refractivity contribution in [3.05, 3.63) is 48.4 Å². The van der Waals surface area contributed by atoms with Gasteiger partial charge in [-0.15, -0.1) is 0 Å². The monoisotopic (exact) mass is 361 g/mol. The highest BCUT2D eigenvalue weighted by Crippen LogP contribution is 2.35. The van der Waals surface area contributed by atoms with Crippen molar-refractivity contribution in [1.82, 2.24) is 10.3 Å². The Hall–Kier alpha value is -3.15. The van der Waals surface area contributed by atoms with Gasteiger partial charge in [0, 0.05) is 37.4 Å². The van der Waals surface area contributed by atoms with Crippen molar-refractivity contribution < 1.29 is 14.0 Å². The number of aromatic nitrogens is 1. The van der Waals surface area contributed by atoms with Crippen LogP contribution in [0.25, 0.3) is 22.2 Å². The number of nitrogens with one attached hydrogen (secondary N) is 1. The van der Waals surface area contributed by atoms with Crippen LogP contribution in [0.1, 0.15) is 30.7 Å². The van der Waals surface area contributed by atoms with E-state index in [1.54, 1.807) is 17.4 Å². The van der Waals surface area contributed by atoms with Gasteiger partial charge in [0.1, 0.15) is 6.26 Å². The van der Waals surface area contributed by atoms with Gasteiger partial charge in [-0.3, -0.25) is 9.59 Å². The SMILES string of the molecule is O=C1CC(c2cccc(-c3coc4ncc(N5CCCC5=O)cc34)c2)CN1. The number of anilines is 1. The van der Waals surface area contributed by atoms with Crippen molar-refractivity contribution in [2.24, 2.45) is 0 Å². The second-order valence-electron chi connectivity index (χ2n) is 7.18. The van der Waals surface area contributed by atoms with Crippen molar-refractivity contribution in [1.29, 1.82) is 0 Å².